The Morgan fingerprint density at radius 1 is 0.643 bits per heavy atom. The Balaban J connectivity index is 1.25. The average molecular weight is 579 g/mol. The number of ether oxygens (including phenoxy) is 1. The molecule has 0 bridgehead atoms. The Hall–Kier alpha value is -3.08. The van der Waals surface area contributed by atoms with Crippen molar-refractivity contribution in [2.75, 3.05) is 6.61 Å². The summed E-state index contributed by atoms with van der Waals surface area (Å²) in [5.74, 6) is -1.61. The summed E-state index contributed by atoms with van der Waals surface area (Å²) < 4.78 is 64.9. The van der Waals surface area contributed by atoms with Crippen LogP contribution in [0.2, 0.25) is 0 Å². The molecule has 0 amide bonds. The Morgan fingerprint density at radius 3 is 1.83 bits per heavy atom. The summed E-state index contributed by atoms with van der Waals surface area (Å²) in [4.78, 5) is 0. The van der Waals surface area contributed by atoms with Gasteiger partial charge in [-0.1, -0.05) is 87.9 Å². The van der Waals surface area contributed by atoms with E-state index in [1.165, 1.54) is 63.5 Å². The first-order valence-electron chi connectivity index (χ1n) is 15.8. The van der Waals surface area contributed by atoms with Crippen molar-refractivity contribution >= 4 is 5.57 Å². The number of benzene rings is 3. The summed E-state index contributed by atoms with van der Waals surface area (Å²) in [5, 5.41) is 0. The van der Waals surface area contributed by atoms with Gasteiger partial charge in [0.15, 0.2) is 23.2 Å². The maximum Gasteiger partial charge on any atom is 0.201 e. The maximum absolute atomic E-state index is 15.4. The molecule has 0 heterocycles. The van der Waals surface area contributed by atoms with Crippen LogP contribution < -0.4 is 4.74 Å². The van der Waals surface area contributed by atoms with Crippen molar-refractivity contribution in [3.63, 3.8) is 0 Å². The molecule has 5 heteroatoms. The highest BCUT2D eigenvalue weighted by Gasteiger charge is 2.29. The monoisotopic (exact) mass is 578 g/mol. The summed E-state index contributed by atoms with van der Waals surface area (Å²) in [6.07, 6.45) is 15.5. The van der Waals surface area contributed by atoms with E-state index < -0.39 is 23.3 Å². The Labute approximate surface area is 248 Å². The molecular formula is C37H42F4O. The predicted molar refractivity (Wildman–Crippen MR) is 163 cm³/mol. The van der Waals surface area contributed by atoms with E-state index in [0.717, 1.165) is 36.7 Å². The molecule has 3 aromatic rings. The smallest absolute Gasteiger partial charge is 0.201 e. The molecule has 0 radical (unpaired) electrons. The zero-order valence-corrected chi connectivity index (χ0v) is 24.8. The lowest BCUT2D eigenvalue weighted by Gasteiger charge is -2.35. The van der Waals surface area contributed by atoms with Crippen molar-refractivity contribution in [3.8, 4) is 28.0 Å². The molecule has 1 nitrogen and oxygen atoms in total. The second-order valence-corrected chi connectivity index (χ2v) is 12.1. The van der Waals surface area contributed by atoms with Gasteiger partial charge in [-0.2, -0.15) is 4.39 Å². The highest BCUT2D eigenvalue weighted by molar-refractivity contribution is 5.74. The van der Waals surface area contributed by atoms with Gasteiger partial charge in [0.25, 0.3) is 0 Å². The summed E-state index contributed by atoms with van der Waals surface area (Å²) in [7, 11) is 0. The van der Waals surface area contributed by atoms with Crippen LogP contribution in [0.3, 0.4) is 0 Å². The van der Waals surface area contributed by atoms with E-state index in [2.05, 4.69) is 13.0 Å². The van der Waals surface area contributed by atoms with Crippen molar-refractivity contribution in [3.05, 3.63) is 83.4 Å². The summed E-state index contributed by atoms with van der Waals surface area (Å²) >= 11 is 0. The average Bonchev–Trinajstić information content (AvgIpc) is 3.02. The number of hydrogen-bond donors (Lipinski definition) is 0. The van der Waals surface area contributed by atoms with Crippen LogP contribution in [-0.2, 0) is 0 Å². The van der Waals surface area contributed by atoms with E-state index in [4.69, 9.17) is 4.74 Å². The van der Waals surface area contributed by atoms with Crippen LogP contribution >= 0.6 is 0 Å². The van der Waals surface area contributed by atoms with Crippen LogP contribution in [0.15, 0.2) is 54.6 Å². The first-order valence-corrected chi connectivity index (χ1v) is 15.8. The summed E-state index contributed by atoms with van der Waals surface area (Å²) in [5.41, 5.74) is 2.36. The van der Waals surface area contributed by atoms with Gasteiger partial charge in [0.2, 0.25) is 5.82 Å². The van der Waals surface area contributed by atoms with Gasteiger partial charge in [0.1, 0.15) is 0 Å². The van der Waals surface area contributed by atoms with E-state index in [1.807, 2.05) is 0 Å². The van der Waals surface area contributed by atoms with Crippen molar-refractivity contribution in [2.24, 2.45) is 17.8 Å². The molecular weight excluding hydrogens is 536 g/mol. The maximum atomic E-state index is 15.4. The SMILES string of the molecule is CCCCCC1CCC(C2CC=C(c3ccc(-c4ccc(-c5ccc(OCC)c(F)c5F)cc4)c(F)c3F)CC2)CC1. The van der Waals surface area contributed by atoms with Crippen molar-refractivity contribution in [1.29, 1.82) is 0 Å². The third-order valence-electron chi connectivity index (χ3n) is 9.51. The third kappa shape index (κ3) is 6.61. The second-order valence-electron chi connectivity index (χ2n) is 12.1. The Morgan fingerprint density at radius 2 is 1.24 bits per heavy atom. The largest absolute Gasteiger partial charge is 0.491 e. The van der Waals surface area contributed by atoms with Gasteiger partial charge in [-0.05, 0) is 85.6 Å². The third-order valence-corrected chi connectivity index (χ3v) is 9.51. The molecule has 0 aliphatic heterocycles. The van der Waals surface area contributed by atoms with Gasteiger partial charge in [0, 0.05) is 16.7 Å². The molecule has 1 saturated carbocycles. The van der Waals surface area contributed by atoms with Crippen molar-refractivity contribution < 1.29 is 22.3 Å². The zero-order valence-electron chi connectivity index (χ0n) is 24.8. The van der Waals surface area contributed by atoms with Crippen LogP contribution in [0.1, 0.15) is 90.0 Å². The van der Waals surface area contributed by atoms with Crippen LogP contribution in [0.4, 0.5) is 17.6 Å². The fourth-order valence-electron chi connectivity index (χ4n) is 7.03. The van der Waals surface area contributed by atoms with Crippen molar-refractivity contribution in [1.82, 2.24) is 0 Å². The molecule has 224 valence electrons. The van der Waals surface area contributed by atoms with Crippen LogP contribution in [-0.4, -0.2) is 6.61 Å². The number of rotatable bonds is 10. The zero-order chi connectivity index (χ0) is 29.6. The van der Waals surface area contributed by atoms with Gasteiger partial charge in [-0.25, -0.2) is 13.2 Å². The van der Waals surface area contributed by atoms with Gasteiger partial charge in [-0.15, -0.1) is 0 Å². The molecule has 0 saturated heterocycles. The Bertz CT molecular complexity index is 1390. The molecule has 1 unspecified atom stereocenters. The van der Waals surface area contributed by atoms with E-state index in [9.17, 15) is 8.78 Å². The van der Waals surface area contributed by atoms with E-state index in [0.29, 0.717) is 22.6 Å². The molecule has 1 fully saturated rings. The standard InChI is InChI=1S/C37H42F4O/c1-3-5-6-7-24-8-10-25(11-9-24)26-12-14-27(15-13-26)30-20-21-31(35(39)34(30)38)28-16-18-29(19-17-28)32-22-23-33(42-4-2)37(41)36(32)40/h14,16-26H,3-13,15H2,1-2H3. The molecule has 0 spiro atoms. The number of unbranched alkanes of at least 4 members (excludes halogenated alkanes) is 2. The highest BCUT2D eigenvalue weighted by atomic mass is 19.2. The highest BCUT2D eigenvalue weighted by Crippen LogP contribution is 2.43. The van der Waals surface area contributed by atoms with Gasteiger partial charge < -0.3 is 4.74 Å². The first kappa shape index (κ1) is 30.4. The molecule has 0 aromatic heterocycles. The lowest BCUT2D eigenvalue weighted by Crippen LogP contribution is -2.23. The van der Waals surface area contributed by atoms with Gasteiger partial charge in [-0.3, -0.25) is 0 Å². The quantitative estimate of drug-likeness (QED) is 0.172. The summed E-state index contributed by atoms with van der Waals surface area (Å²) in [6, 6.07) is 12.5. The number of hydrogen-bond acceptors (Lipinski definition) is 1. The van der Waals surface area contributed by atoms with Crippen LogP contribution in [0, 0.1) is 41.0 Å². The second kappa shape index (κ2) is 13.9. The minimum atomic E-state index is -1.05. The van der Waals surface area contributed by atoms with Crippen LogP contribution in [0.25, 0.3) is 27.8 Å². The molecule has 42 heavy (non-hydrogen) atoms. The topological polar surface area (TPSA) is 9.23 Å². The molecule has 2 aliphatic carbocycles. The normalized spacial score (nSPS) is 20.8. The minimum absolute atomic E-state index is 0.0760. The molecule has 3 aromatic carbocycles. The molecule has 5 rings (SSSR count). The fourth-order valence-corrected chi connectivity index (χ4v) is 7.03. The van der Waals surface area contributed by atoms with E-state index in [-0.39, 0.29) is 23.5 Å². The molecule has 2 aliphatic rings. The van der Waals surface area contributed by atoms with E-state index in [1.54, 1.807) is 43.3 Å². The lowest BCUT2D eigenvalue weighted by molar-refractivity contribution is 0.187. The van der Waals surface area contributed by atoms with E-state index >= 15 is 8.78 Å². The van der Waals surface area contributed by atoms with Gasteiger partial charge >= 0.3 is 0 Å². The number of halogens is 4. The lowest BCUT2D eigenvalue weighted by atomic mass is 9.70. The fraction of sp³-hybridized carbons (Fsp3) is 0.459. The van der Waals surface area contributed by atoms with Crippen molar-refractivity contribution in [2.45, 2.75) is 84.5 Å². The predicted octanol–water partition coefficient (Wildman–Crippen LogP) is 11.5. The van der Waals surface area contributed by atoms with Crippen LogP contribution in [0.5, 0.6) is 5.75 Å². The molecule has 1 atom stereocenters. The van der Waals surface area contributed by atoms with Gasteiger partial charge in [0.05, 0.1) is 6.61 Å². The number of allylic oxidation sites excluding steroid dienone is 2. The molecule has 0 N–H and O–H groups in total. The summed E-state index contributed by atoms with van der Waals surface area (Å²) in [6.45, 7) is 4.18. The Kier molecular flexibility index (Phi) is 10.1. The first-order chi connectivity index (χ1) is 20.4. The minimum Gasteiger partial charge on any atom is -0.491 e.